The van der Waals surface area contributed by atoms with Crippen LogP contribution >= 0.6 is 0 Å². The molecule has 2 heterocycles. The molecule has 0 aliphatic carbocycles. The summed E-state index contributed by atoms with van der Waals surface area (Å²) >= 11 is 0. The molecule has 0 bridgehead atoms. The van der Waals surface area contributed by atoms with E-state index in [2.05, 4.69) is 15.5 Å². The minimum atomic E-state index is -0.337. The first kappa shape index (κ1) is 16.0. The van der Waals surface area contributed by atoms with Gasteiger partial charge >= 0.3 is 0 Å². The number of nitrogens with zero attached hydrogens (tertiary/aromatic N) is 4. The molecule has 1 N–H and O–H groups in total. The van der Waals surface area contributed by atoms with Gasteiger partial charge in [0.25, 0.3) is 5.91 Å². The summed E-state index contributed by atoms with van der Waals surface area (Å²) in [7, 11) is 0. The molecule has 1 atom stereocenters. The fourth-order valence-electron chi connectivity index (χ4n) is 2.90. The zero-order chi connectivity index (χ0) is 18.1. The fourth-order valence-corrected chi connectivity index (χ4v) is 2.90. The molecule has 0 fully saturated rings. The number of amides is 2. The second-order valence-electron chi connectivity index (χ2n) is 6.18. The first-order valence-corrected chi connectivity index (χ1v) is 8.33. The molecule has 0 radical (unpaired) electrons. The van der Waals surface area contributed by atoms with E-state index < -0.39 is 0 Å². The Bertz CT molecular complexity index is 967. The third-order valence-corrected chi connectivity index (χ3v) is 4.30. The topological polar surface area (TPSA) is 80.1 Å². The maximum absolute atomic E-state index is 13.1. The van der Waals surface area contributed by atoms with Crippen molar-refractivity contribution in [2.24, 2.45) is 5.92 Å². The number of fused-ring (bicyclic) bond motifs is 1. The molecule has 7 heteroatoms. The van der Waals surface area contributed by atoms with Gasteiger partial charge in [-0.25, -0.2) is 0 Å². The maximum Gasteiger partial charge on any atom is 0.280 e. The zero-order valence-electron chi connectivity index (χ0n) is 14.2. The minimum absolute atomic E-state index is 0.110. The summed E-state index contributed by atoms with van der Waals surface area (Å²) in [6.07, 6.45) is 1.45. The van der Waals surface area contributed by atoms with Gasteiger partial charge in [-0.15, -0.1) is 5.10 Å². The van der Waals surface area contributed by atoms with E-state index in [1.807, 2.05) is 48.5 Å². The number of carbonyl (C=O) groups is 2. The van der Waals surface area contributed by atoms with Crippen LogP contribution in [0.5, 0.6) is 0 Å². The molecule has 1 aliphatic heterocycles. The summed E-state index contributed by atoms with van der Waals surface area (Å²) in [5.41, 5.74) is 2.27. The predicted octanol–water partition coefficient (Wildman–Crippen LogP) is 2.50. The van der Waals surface area contributed by atoms with E-state index in [4.69, 9.17) is 0 Å². The number of aromatic nitrogens is 3. The summed E-state index contributed by atoms with van der Waals surface area (Å²) in [4.78, 5) is 28.3. The number of nitrogens with one attached hydrogen (secondary N) is 1. The molecular weight excluding hydrogens is 330 g/mol. The van der Waals surface area contributed by atoms with E-state index in [1.165, 1.54) is 11.0 Å². The molecule has 0 saturated carbocycles. The number of benzene rings is 2. The van der Waals surface area contributed by atoms with Crippen molar-refractivity contribution in [2.75, 3.05) is 16.8 Å². The number of carbonyl (C=O) groups excluding carboxylic acids is 2. The monoisotopic (exact) mass is 347 g/mol. The van der Waals surface area contributed by atoms with Crippen LogP contribution in [0.15, 0.2) is 60.8 Å². The van der Waals surface area contributed by atoms with Crippen molar-refractivity contribution >= 4 is 23.2 Å². The quantitative estimate of drug-likeness (QED) is 0.772. The lowest BCUT2D eigenvalue weighted by atomic mass is 10.1. The minimum Gasteiger partial charge on any atom is -0.324 e. The van der Waals surface area contributed by atoms with E-state index >= 15 is 0 Å². The van der Waals surface area contributed by atoms with Gasteiger partial charge in [0.15, 0.2) is 5.69 Å². The van der Waals surface area contributed by atoms with Crippen molar-refractivity contribution in [3.63, 3.8) is 0 Å². The average Bonchev–Trinajstić information content (AvgIpc) is 3.12. The van der Waals surface area contributed by atoms with E-state index in [0.29, 0.717) is 11.4 Å². The van der Waals surface area contributed by atoms with Gasteiger partial charge in [0, 0.05) is 6.54 Å². The van der Waals surface area contributed by atoms with Crippen molar-refractivity contribution in [3.05, 3.63) is 66.5 Å². The summed E-state index contributed by atoms with van der Waals surface area (Å²) in [5.74, 6) is -0.737. The molecule has 130 valence electrons. The Hall–Kier alpha value is -3.48. The largest absolute Gasteiger partial charge is 0.324 e. The van der Waals surface area contributed by atoms with Crippen molar-refractivity contribution in [2.45, 2.75) is 6.92 Å². The highest BCUT2D eigenvalue weighted by Crippen LogP contribution is 2.30. The molecule has 0 saturated heterocycles. The van der Waals surface area contributed by atoms with Crippen LogP contribution in [0.4, 0.5) is 11.4 Å². The van der Waals surface area contributed by atoms with Gasteiger partial charge in [0.1, 0.15) is 0 Å². The Morgan fingerprint density at radius 2 is 1.85 bits per heavy atom. The first-order valence-electron chi connectivity index (χ1n) is 8.33. The van der Waals surface area contributed by atoms with E-state index in [0.717, 1.165) is 5.69 Å². The van der Waals surface area contributed by atoms with Gasteiger partial charge in [-0.2, -0.15) is 9.90 Å². The fraction of sp³-hybridized carbons (Fsp3) is 0.158. The van der Waals surface area contributed by atoms with Crippen molar-refractivity contribution in [1.29, 1.82) is 0 Å². The van der Waals surface area contributed by atoms with Crippen LogP contribution in [0.25, 0.3) is 5.69 Å². The van der Waals surface area contributed by atoms with Gasteiger partial charge in [0.2, 0.25) is 5.91 Å². The molecule has 0 spiro atoms. The Labute approximate surface area is 150 Å². The number of hydrogen-bond acceptors (Lipinski definition) is 4. The van der Waals surface area contributed by atoms with Gasteiger partial charge in [-0.3, -0.25) is 9.59 Å². The van der Waals surface area contributed by atoms with Gasteiger partial charge in [0.05, 0.1) is 29.2 Å². The smallest absolute Gasteiger partial charge is 0.280 e. The van der Waals surface area contributed by atoms with Crippen LogP contribution in [0, 0.1) is 5.92 Å². The molecule has 3 aromatic rings. The van der Waals surface area contributed by atoms with Crippen LogP contribution in [0.3, 0.4) is 0 Å². The lowest BCUT2D eigenvalue weighted by molar-refractivity contribution is -0.119. The van der Waals surface area contributed by atoms with Gasteiger partial charge in [-0.05, 0) is 24.3 Å². The third kappa shape index (κ3) is 2.83. The molecular formula is C19H17N5O2. The van der Waals surface area contributed by atoms with Gasteiger partial charge in [-0.1, -0.05) is 37.3 Å². The standard InChI is InChI=1S/C19H17N5O2/c1-13-12-23(17-10-6-5-9-15(17)21-18(13)25)19(26)16-11-20-24(22-16)14-7-3-2-4-8-14/h2-11,13H,12H2,1H3,(H,21,25). The van der Waals surface area contributed by atoms with E-state index in [9.17, 15) is 9.59 Å². The number of rotatable bonds is 2. The van der Waals surface area contributed by atoms with Crippen molar-refractivity contribution in [3.8, 4) is 5.69 Å². The summed E-state index contributed by atoms with van der Waals surface area (Å²) in [5, 5.41) is 11.4. The Morgan fingerprint density at radius 3 is 2.65 bits per heavy atom. The SMILES string of the molecule is CC1CN(C(=O)c2cnn(-c3ccccc3)n2)c2ccccc2NC1=O. The lowest BCUT2D eigenvalue weighted by Gasteiger charge is -2.22. The van der Waals surface area contributed by atoms with E-state index in [1.54, 1.807) is 17.9 Å². The Morgan fingerprint density at radius 1 is 1.12 bits per heavy atom. The first-order chi connectivity index (χ1) is 12.6. The molecule has 1 unspecified atom stereocenters. The molecule has 26 heavy (non-hydrogen) atoms. The van der Waals surface area contributed by atoms with Crippen LogP contribution < -0.4 is 10.2 Å². The Kier molecular flexibility index (Phi) is 3.96. The van der Waals surface area contributed by atoms with E-state index in [-0.39, 0.29) is 30.0 Å². The molecule has 4 rings (SSSR count). The number of anilines is 2. The zero-order valence-corrected chi connectivity index (χ0v) is 14.2. The molecule has 7 nitrogen and oxygen atoms in total. The molecule has 1 aromatic heterocycles. The number of para-hydroxylation sites is 3. The normalized spacial score (nSPS) is 16.6. The summed E-state index contributed by atoms with van der Waals surface area (Å²) < 4.78 is 0. The highest BCUT2D eigenvalue weighted by molar-refractivity contribution is 6.09. The second-order valence-corrected chi connectivity index (χ2v) is 6.18. The average molecular weight is 347 g/mol. The van der Waals surface area contributed by atoms with Crippen LogP contribution in [-0.2, 0) is 4.79 Å². The highest BCUT2D eigenvalue weighted by atomic mass is 16.2. The molecule has 1 aliphatic rings. The van der Waals surface area contributed by atoms with Crippen LogP contribution in [0.2, 0.25) is 0 Å². The second kappa shape index (κ2) is 6.44. The maximum atomic E-state index is 13.1. The third-order valence-electron chi connectivity index (χ3n) is 4.30. The van der Waals surface area contributed by atoms with Crippen molar-refractivity contribution in [1.82, 2.24) is 15.0 Å². The highest BCUT2D eigenvalue weighted by Gasteiger charge is 2.30. The summed E-state index contributed by atoms with van der Waals surface area (Å²) in [6, 6.07) is 16.6. The number of hydrogen-bond donors (Lipinski definition) is 1. The van der Waals surface area contributed by atoms with Crippen molar-refractivity contribution < 1.29 is 9.59 Å². The van der Waals surface area contributed by atoms with Crippen LogP contribution in [-0.4, -0.2) is 33.4 Å². The summed E-state index contributed by atoms with van der Waals surface area (Å²) in [6.45, 7) is 2.07. The lowest BCUT2D eigenvalue weighted by Crippen LogP contribution is -2.36. The predicted molar refractivity (Wildman–Crippen MR) is 97.3 cm³/mol. The Balaban J connectivity index is 1.70. The molecule has 2 amide bonds. The van der Waals surface area contributed by atoms with Gasteiger partial charge < -0.3 is 10.2 Å². The van der Waals surface area contributed by atoms with Crippen LogP contribution in [0.1, 0.15) is 17.4 Å². The molecule has 2 aromatic carbocycles.